The Labute approximate surface area is 107 Å². The number of hydrogen-bond acceptors (Lipinski definition) is 2. The second kappa shape index (κ2) is 6.19. The molecule has 0 radical (unpaired) electrons. The molecule has 0 aromatic heterocycles. The Morgan fingerprint density at radius 3 is 2.12 bits per heavy atom. The third kappa shape index (κ3) is 3.03. The summed E-state index contributed by atoms with van der Waals surface area (Å²) in [5.74, 6) is 0.979. The molecule has 1 heterocycles. The lowest BCUT2D eigenvalue weighted by atomic mass is 9.84. The van der Waals surface area contributed by atoms with Crippen molar-refractivity contribution in [3.05, 3.63) is 0 Å². The van der Waals surface area contributed by atoms with Crippen molar-refractivity contribution in [2.75, 3.05) is 19.6 Å². The molecule has 17 heavy (non-hydrogen) atoms. The molecule has 1 saturated carbocycles. The Bertz CT molecular complexity index is 211. The molecule has 1 aliphatic heterocycles. The zero-order chi connectivity index (χ0) is 12.1. The van der Waals surface area contributed by atoms with Crippen LogP contribution in [0.4, 0.5) is 0 Å². The molecule has 2 fully saturated rings. The summed E-state index contributed by atoms with van der Waals surface area (Å²) >= 11 is 0. The minimum absolute atomic E-state index is 0.370. The van der Waals surface area contributed by atoms with Crippen molar-refractivity contribution >= 4 is 0 Å². The van der Waals surface area contributed by atoms with Crippen LogP contribution >= 0.6 is 0 Å². The quantitative estimate of drug-likeness (QED) is 0.765. The van der Waals surface area contributed by atoms with E-state index < -0.39 is 0 Å². The third-order valence-electron chi connectivity index (χ3n) is 5.28. The van der Waals surface area contributed by atoms with Gasteiger partial charge in [0.25, 0.3) is 0 Å². The summed E-state index contributed by atoms with van der Waals surface area (Å²) in [6.45, 7) is 5.82. The number of nitrogens with two attached hydrogens (primary N) is 1. The van der Waals surface area contributed by atoms with Gasteiger partial charge in [0.15, 0.2) is 0 Å². The van der Waals surface area contributed by atoms with Crippen LogP contribution in [0.3, 0.4) is 0 Å². The highest BCUT2D eigenvalue weighted by molar-refractivity contribution is 4.94. The second-order valence-corrected chi connectivity index (χ2v) is 6.18. The van der Waals surface area contributed by atoms with Crippen LogP contribution in [0, 0.1) is 5.92 Å². The van der Waals surface area contributed by atoms with Crippen molar-refractivity contribution in [3.63, 3.8) is 0 Å². The molecule has 1 saturated heterocycles. The summed E-state index contributed by atoms with van der Waals surface area (Å²) in [5, 5.41) is 0. The van der Waals surface area contributed by atoms with Crippen LogP contribution in [-0.2, 0) is 0 Å². The first-order valence-electron chi connectivity index (χ1n) is 7.76. The summed E-state index contributed by atoms with van der Waals surface area (Å²) in [7, 11) is 0. The Morgan fingerprint density at radius 1 is 1.06 bits per heavy atom. The largest absolute Gasteiger partial charge is 0.329 e. The Kier molecular flexibility index (Phi) is 4.87. The summed E-state index contributed by atoms with van der Waals surface area (Å²) < 4.78 is 0. The maximum atomic E-state index is 6.16. The van der Waals surface area contributed by atoms with E-state index in [1.54, 1.807) is 0 Å². The highest BCUT2D eigenvalue weighted by atomic mass is 15.2. The van der Waals surface area contributed by atoms with Crippen LogP contribution in [0.25, 0.3) is 0 Å². The topological polar surface area (TPSA) is 29.3 Å². The number of piperidine rings is 1. The molecule has 0 amide bonds. The molecule has 100 valence electrons. The van der Waals surface area contributed by atoms with Crippen molar-refractivity contribution in [2.24, 2.45) is 11.7 Å². The first kappa shape index (κ1) is 13.4. The van der Waals surface area contributed by atoms with E-state index in [1.165, 1.54) is 70.9 Å². The first-order chi connectivity index (χ1) is 8.30. The molecule has 2 nitrogen and oxygen atoms in total. The summed E-state index contributed by atoms with van der Waals surface area (Å²) in [6, 6.07) is 0. The van der Waals surface area contributed by atoms with Crippen molar-refractivity contribution in [3.8, 4) is 0 Å². The average Bonchev–Trinajstić information content (AvgIpc) is 2.65. The van der Waals surface area contributed by atoms with Gasteiger partial charge in [0.1, 0.15) is 0 Å². The number of nitrogens with zero attached hydrogens (tertiary/aromatic N) is 1. The Hall–Kier alpha value is -0.0800. The van der Waals surface area contributed by atoms with E-state index in [1.807, 2.05) is 0 Å². The SMILES string of the molecule is CCC1CCN(C2(CN)CCCCCC2)CC1. The van der Waals surface area contributed by atoms with Gasteiger partial charge in [-0.25, -0.2) is 0 Å². The molecule has 2 aliphatic rings. The van der Waals surface area contributed by atoms with Gasteiger partial charge in [-0.05, 0) is 44.7 Å². The van der Waals surface area contributed by atoms with Crippen LogP contribution in [0.1, 0.15) is 64.7 Å². The average molecular weight is 238 g/mol. The van der Waals surface area contributed by atoms with Gasteiger partial charge in [-0.1, -0.05) is 39.0 Å². The van der Waals surface area contributed by atoms with Gasteiger partial charge in [-0.15, -0.1) is 0 Å². The Morgan fingerprint density at radius 2 is 1.65 bits per heavy atom. The monoisotopic (exact) mass is 238 g/mol. The predicted molar refractivity (Wildman–Crippen MR) is 74.1 cm³/mol. The lowest BCUT2D eigenvalue weighted by Crippen LogP contribution is -2.56. The van der Waals surface area contributed by atoms with Gasteiger partial charge in [0.05, 0.1) is 0 Å². The molecular formula is C15H30N2. The zero-order valence-corrected chi connectivity index (χ0v) is 11.6. The fraction of sp³-hybridized carbons (Fsp3) is 1.00. The van der Waals surface area contributed by atoms with Gasteiger partial charge in [0, 0.05) is 12.1 Å². The van der Waals surface area contributed by atoms with Gasteiger partial charge in [-0.2, -0.15) is 0 Å². The molecule has 1 aliphatic carbocycles. The van der Waals surface area contributed by atoms with Crippen LogP contribution < -0.4 is 5.73 Å². The predicted octanol–water partition coefficient (Wildman–Crippen LogP) is 3.16. The minimum atomic E-state index is 0.370. The molecule has 0 aromatic rings. The lowest BCUT2D eigenvalue weighted by molar-refractivity contribution is 0.0421. The lowest BCUT2D eigenvalue weighted by Gasteiger charge is -2.46. The molecule has 0 bridgehead atoms. The fourth-order valence-corrected chi connectivity index (χ4v) is 3.85. The molecule has 2 rings (SSSR count). The number of likely N-dealkylation sites (tertiary alicyclic amines) is 1. The second-order valence-electron chi connectivity index (χ2n) is 6.18. The number of rotatable bonds is 3. The highest BCUT2D eigenvalue weighted by Gasteiger charge is 2.37. The summed E-state index contributed by atoms with van der Waals surface area (Å²) in [6.07, 6.45) is 12.5. The molecule has 0 aromatic carbocycles. The van der Waals surface area contributed by atoms with E-state index in [0.29, 0.717) is 5.54 Å². The molecular weight excluding hydrogens is 208 g/mol. The maximum Gasteiger partial charge on any atom is 0.0331 e. The van der Waals surface area contributed by atoms with Crippen molar-refractivity contribution in [1.82, 2.24) is 4.90 Å². The standard InChI is InChI=1S/C15H30N2/c1-2-14-7-11-17(12-8-14)15(13-16)9-5-3-4-6-10-15/h14H,2-13,16H2,1H3. The fourth-order valence-electron chi connectivity index (χ4n) is 3.85. The van der Waals surface area contributed by atoms with E-state index in [9.17, 15) is 0 Å². The molecule has 2 heteroatoms. The molecule has 0 unspecified atom stereocenters. The van der Waals surface area contributed by atoms with Gasteiger partial charge >= 0.3 is 0 Å². The highest BCUT2D eigenvalue weighted by Crippen LogP contribution is 2.35. The van der Waals surface area contributed by atoms with Crippen molar-refractivity contribution in [1.29, 1.82) is 0 Å². The smallest absolute Gasteiger partial charge is 0.0331 e. The third-order valence-corrected chi connectivity index (χ3v) is 5.28. The van der Waals surface area contributed by atoms with Crippen molar-refractivity contribution < 1.29 is 0 Å². The normalized spacial score (nSPS) is 27.9. The van der Waals surface area contributed by atoms with E-state index >= 15 is 0 Å². The summed E-state index contributed by atoms with van der Waals surface area (Å²) in [5.41, 5.74) is 6.53. The molecule has 2 N–H and O–H groups in total. The van der Waals surface area contributed by atoms with E-state index in [2.05, 4.69) is 11.8 Å². The number of hydrogen-bond donors (Lipinski definition) is 1. The summed E-state index contributed by atoms with van der Waals surface area (Å²) in [4.78, 5) is 2.75. The van der Waals surface area contributed by atoms with E-state index in [0.717, 1.165) is 12.5 Å². The van der Waals surface area contributed by atoms with Crippen molar-refractivity contribution in [2.45, 2.75) is 70.3 Å². The molecule has 0 atom stereocenters. The van der Waals surface area contributed by atoms with Gasteiger partial charge < -0.3 is 5.73 Å². The van der Waals surface area contributed by atoms with Crippen LogP contribution in [-0.4, -0.2) is 30.1 Å². The van der Waals surface area contributed by atoms with Crippen LogP contribution in [0.5, 0.6) is 0 Å². The molecule has 0 spiro atoms. The van der Waals surface area contributed by atoms with E-state index in [-0.39, 0.29) is 0 Å². The zero-order valence-electron chi connectivity index (χ0n) is 11.6. The van der Waals surface area contributed by atoms with E-state index in [4.69, 9.17) is 5.73 Å². The Balaban J connectivity index is 1.97. The van der Waals surface area contributed by atoms with Gasteiger partial charge in [0.2, 0.25) is 0 Å². The minimum Gasteiger partial charge on any atom is -0.329 e. The van der Waals surface area contributed by atoms with Crippen LogP contribution in [0.15, 0.2) is 0 Å². The van der Waals surface area contributed by atoms with Gasteiger partial charge in [-0.3, -0.25) is 4.90 Å². The first-order valence-corrected chi connectivity index (χ1v) is 7.76. The maximum absolute atomic E-state index is 6.16. The van der Waals surface area contributed by atoms with Crippen LogP contribution in [0.2, 0.25) is 0 Å².